The van der Waals surface area contributed by atoms with E-state index in [2.05, 4.69) is 34.3 Å². The third kappa shape index (κ3) is 4.49. The lowest BCUT2D eigenvalue weighted by Gasteiger charge is -2.31. The van der Waals surface area contributed by atoms with Crippen molar-refractivity contribution in [3.63, 3.8) is 0 Å². The SMILES string of the molecule is COc1ccc2cc(CN(C(=S)Nc3ccc(C)cc3)C3CCCC3)c(=O)[nH]c2c1. The summed E-state index contributed by atoms with van der Waals surface area (Å²) in [5, 5.41) is 5.01. The summed E-state index contributed by atoms with van der Waals surface area (Å²) in [6.45, 7) is 2.55. The van der Waals surface area contributed by atoms with E-state index in [1.54, 1.807) is 7.11 Å². The fraction of sp³-hybridized carbons (Fsp3) is 0.333. The molecule has 2 aromatic carbocycles. The van der Waals surface area contributed by atoms with E-state index in [1.807, 2.05) is 36.4 Å². The summed E-state index contributed by atoms with van der Waals surface area (Å²) in [4.78, 5) is 18.0. The van der Waals surface area contributed by atoms with Gasteiger partial charge in [0.15, 0.2) is 5.11 Å². The zero-order valence-corrected chi connectivity index (χ0v) is 18.2. The molecule has 30 heavy (non-hydrogen) atoms. The van der Waals surface area contributed by atoms with Gasteiger partial charge in [-0.25, -0.2) is 0 Å². The van der Waals surface area contributed by atoms with Gasteiger partial charge in [-0.1, -0.05) is 30.5 Å². The van der Waals surface area contributed by atoms with Crippen molar-refractivity contribution in [2.24, 2.45) is 0 Å². The van der Waals surface area contributed by atoms with Gasteiger partial charge in [-0.05, 0) is 67.7 Å². The van der Waals surface area contributed by atoms with Gasteiger partial charge in [0.25, 0.3) is 5.56 Å². The molecule has 2 N–H and O–H groups in total. The predicted octanol–water partition coefficient (Wildman–Crippen LogP) is 4.99. The van der Waals surface area contributed by atoms with E-state index in [-0.39, 0.29) is 5.56 Å². The smallest absolute Gasteiger partial charge is 0.253 e. The number of aryl methyl sites for hydroxylation is 1. The van der Waals surface area contributed by atoms with Gasteiger partial charge in [0.05, 0.1) is 19.2 Å². The molecular weight excluding hydrogens is 394 g/mol. The lowest BCUT2D eigenvalue weighted by molar-refractivity contribution is 0.311. The number of anilines is 1. The van der Waals surface area contributed by atoms with E-state index in [4.69, 9.17) is 17.0 Å². The number of nitrogens with one attached hydrogen (secondary N) is 2. The van der Waals surface area contributed by atoms with Gasteiger partial charge in [0.1, 0.15) is 5.75 Å². The fourth-order valence-electron chi connectivity index (χ4n) is 4.07. The molecule has 1 heterocycles. The van der Waals surface area contributed by atoms with Gasteiger partial charge in [-0.15, -0.1) is 0 Å². The quantitative estimate of drug-likeness (QED) is 0.569. The lowest BCUT2D eigenvalue weighted by atomic mass is 10.1. The van der Waals surface area contributed by atoms with Crippen LogP contribution >= 0.6 is 12.2 Å². The van der Waals surface area contributed by atoms with Gasteiger partial charge in [-0.2, -0.15) is 0 Å². The summed E-state index contributed by atoms with van der Waals surface area (Å²) in [5.41, 5.74) is 3.58. The Morgan fingerprint density at radius 3 is 2.60 bits per heavy atom. The molecule has 1 saturated carbocycles. The summed E-state index contributed by atoms with van der Waals surface area (Å²) in [6, 6.07) is 16.2. The topological polar surface area (TPSA) is 57.4 Å². The second-order valence-electron chi connectivity index (χ2n) is 7.94. The molecule has 5 nitrogen and oxygen atoms in total. The van der Waals surface area contributed by atoms with Crippen molar-refractivity contribution < 1.29 is 4.74 Å². The lowest BCUT2D eigenvalue weighted by Crippen LogP contribution is -2.42. The monoisotopic (exact) mass is 421 g/mol. The van der Waals surface area contributed by atoms with Crippen LogP contribution in [0.2, 0.25) is 0 Å². The Hall–Kier alpha value is -2.86. The summed E-state index contributed by atoms with van der Waals surface area (Å²) in [6.07, 6.45) is 4.58. The van der Waals surface area contributed by atoms with Crippen molar-refractivity contribution in [3.05, 3.63) is 70.0 Å². The normalized spacial score (nSPS) is 14.1. The van der Waals surface area contributed by atoms with Crippen LogP contribution in [0.3, 0.4) is 0 Å². The number of rotatable bonds is 5. The van der Waals surface area contributed by atoms with E-state index in [0.717, 1.165) is 35.2 Å². The third-order valence-electron chi connectivity index (χ3n) is 5.80. The maximum absolute atomic E-state index is 12.8. The van der Waals surface area contributed by atoms with Crippen LogP contribution in [0.15, 0.2) is 53.3 Å². The molecule has 1 aliphatic rings. The largest absolute Gasteiger partial charge is 0.497 e. The van der Waals surface area contributed by atoms with Crippen molar-refractivity contribution in [1.82, 2.24) is 9.88 Å². The first-order chi connectivity index (χ1) is 14.5. The zero-order valence-electron chi connectivity index (χ0n) is 17.4. The molecule has 4 rings (SSSR count). The van der Waals surface area contributed by atoms with Crippen molar-refractivity contribution in [3.8, 4) is 5.75 Å². The Labute approximate surface area is 182 Å². The van der Waals surface area contributed by atoms with Crippen molar-refractivity contribution in [2.45, 2.75) is 45.2 Å². The molecule has 0 bridgehead atoms. The van der Waals surface area contributed by atoms with Crippen LogP contribution in [0.5, 0.6) is 5.75 Å². The van der Waals surface area contributed by atoms with Gasteiger partial charge >= 0.3 is 0 Å². The Morgan fingerprint density at radius 2 is 1.90 bits per heavy atom. The molecule has 0 atom stereocenters. The second-order valence-corrected chi connectivity index (χ2v) is 8.33. The Kier molecular flexibility index (Phi) is 6.04. The number of nitrogens with zero attached hydrogens (tertiary/aromatic N) is 1. The first kappa shape index (κ1) is 20.4. The van der Waals surface area contributed by atoms with Crippen molar-refractivity contribution in [2.75, 3.05) is 12.4 Å². The van der Waals surface area contributed by atoms with E-state index >= 15 is 0 Å². The number of thiocarbonyl (C=S) groups is 1. The van der Waals surface area contributed by atoms with E-state index in [1.165, 1.54) is 18.4 Å². The summed E-state index contributed by atoms with van der Waals surface area (Å²) >= 11 is 5.78. The highest BCUT2D eigenvalue weighted by atomic mass is 32.1. The second kappa shape index (κ2) is 8.88. The summed E-state index contributed by atoms with van der Waals surface area (Å²) in [7, 11) is 1.62. The minimum Gasteiger partial charge on any atom is -0.497 e. The maximum Gasteiger partial charge on any atom is 0.253 e. The van der Waals surface area contributed by atoms with E-state index < -0.39 is 0 Å². The van der Waals surface area contributed by atoms with Gasteiger partial charge in [-0.3, -0.25) is 4.79 Å². The Bertz CT molecular complexity index is 1100. The summed E-state index contributed by atoms with van der Waals surface area (Å²) in [5.74, 6) is 0.724. The molecule has 156 valence electrons. The molecule has 0 radical (unpaired) electrons. The highest BCUT2D eigenvalue weighted by Crippen LogP contribution is 2.26. The van der Waals surface area contributed by atoms with Crippen molar-refractivity contribution >= 4 is 33.9 Å². The average molecular weight is 422 g/mol. The molecule has 1 aliphatic carbocycles. The number of benzene rings is 2. The standard InChI is InChI=1S/C24H27N3O2S/c1-16-7-10-19(11-8-16)25-24(30)27(20-5-3-4-6-20)15-18-13-17-9-12-21(29-2)14-22(17)26-23(18)28/h7-14,20H,3-6,15H2,1-2H3,(H,25,30)(H,26,28). The number of ether oxygens (including phenoxy) is 1. The van der Waals surface area contributed by atoms with Crippen LogP contribution in [0.25, 0.3) is 10.9 Å². The highest BCUT2D eigenvalue weighted by molar-refractivity contribution is 7.80. The molecule has 0 spiro atoms. The number of hydrogen-bond donors (Lipinski definition) is 2. The molecule has 0 unspecified atom stereocenters. The predicted molar refractivity (Wildman–Crippen MR) is 126 cm³/mol. The number of H-pyrrole nitrogens is 1. The number of methoxy groups -OCH3 is 1. The molecule has 6 heteroatoms. The number of pyridine rings is 1. The van der Waals surface area contributed by atoms with E-state index in [0.29, 0.717) is 23.3 Å². The van der Waals surface area contributed by atoms with Gasteiger partial charge in [0, 0.05) is 23.4 Å². The minimum atomic E-state index is -0.0862. The number of aromatic amines is 1. The first-order valence-corrected chi connectivity index (χ1v) is 10.8. The molecule has 0 amide bonds. The van der Waals surface area contributed by atoms with E-state index in [9.17, 15) is 4.79 Å². The van der Waals surface area contributed by atoms with Crippen molar-refractivity contribution in [1.29, 1.82) is 0 Å². The number of aromatic nitrogens is 1. The van der Waals surface area contributed by atoms with Gasteiger partial charge < -0.3 is 19.9 Å². The molecule has 0 saturated heterocycles. The molecular formula is C24H27N3O2S. The molecule has 0 aliphatic heterocycles. The maximum atomic E-state index is 12.8. The van der Waals surface area contributed by atoms with Crippen LogP contribution in [-0.2, 0) is 6.54 Å². The Morgan fingerprint density at radius 1 is 1.17 bits per heavy atom. The van der Waals surface area contributed by atoms with Crippen LogP contribution in [-0.4, -0.2) is 28.1 Å². The van der Waals surface area contributed by atoms with Crippen LogP contribution in [0, 0.1) is 6.92 Å². The summed E-state index contributed by atoms with van der Waals surface area (Å²) < 4.78 is 5.26. The molecule has 1 fully saturated rings. The highest BCUT2D eigenvalue weighted by Gasteiger charge is 2.25. The molecule has 3 aromatic rings. The minimum absolute atomic E-state index is 0.0862. The van der Waals surface area contributed by atoms with Crippen LogP contribution in [0.4, 0.5) is 5.69 Å². The first-order valence-electron chi connectivity index (χ1n) is 10.4. The number of hydrogen-bond acceptors (Lipinski definition) is 3. The van der Waals surface area contributed by atoms with Crippen LogP contribution < -0.4 is 15.6 Å². The zero-order chi connectivity index (χ0) is 21.1. The third-order valence-corrected chi connectivity index (χ3v) is 6.14. The number of fused-ring (bicyclic) bond motifs is 1. The molecule has 1 aromatic heterocycles. The van der Waals surface area contributed by atoms with Crippen LogP contribution in [0.1, 0.15) is 36.8 Å². The van der Waals surface area contributed by atoms with Gasteiger partial charge in [0.2, 0.25) is 0 Å². The average Bonchev–Trinajstić information content (AvgIpc) is 3.27. The fourth-order valence-corrected chi connectivity index (χ4v) is 4.40. The Balaban J connectivity index is 1.61.